The summed E-state index contributed by atoms with van der Waals surface area (Å²) < 4.78 is 0. The molecular weight excluding hydrogens is 176 g/mol. The van der Waals surface area contributed by atoms with Crippen molar-refractivity contribution in [3.05, 3.63) is 23.5 Å². The number of aromatic nitrogens is 1. The molecule has 3 heteroatoms. The van der Waals surface area contributed by atoms with Crippen LogP contribution in [0.2, 0.25) is 0 Å². The second-order valence-corrected chi connectivity index (χ2v) is 3.78. The molecule has 0 saturated heterocycles. The highest BCUT2D eigenvalue weighted by atomic mass is 16.1. The molecule has 0 unspecified atom stereocenters. The van der Waals surface area contributed by atoms with E-state index in [1.54, 1.807) is 12.3 Å². The van der Waals surface area contributed by atoms with Gasteiger partial charge in [-0.1, -0.05) is 13.8 Å². The zero-order valence-electron chi connectivity index (χ0n) is 8.74. The van der Waals surface area contributed by atoms with Crippen LogP contribution in [0.5, 0.6) is 0 Å². The molecule has 0 aliphatic carbocycles. The Morgan fingerprint density at radius 1 is 1.57 bits per heavy atom. The summed E-state index contributed by atoms with van der Waals surface area (Å²) >= 11 is 0. The maximum absolute atomic E-state index is 10.2. The second-order valence-electron chi connectivity index (χ2n) is 3.78. The van der Waals surface area contributed by atoms with Crippen molar-refractivity contribution in [1.82, 2.24) is 4.98 Å². The summed E-state index contributed by atoms with van der Waals surface area (Å²) in [5.41, 5.74) is 2.52. The molecule has 0 atom stereocenters. The number of carbonyl (C=O) groups excluding carboxylic acids is 1. The Morgan fingerprint density at radius 2 is 2.29 bits per heavy atom. The predicted octanol–water partition coefficient (Wildman–Crippen LogP) is 2.56. The minimum Gasteiger partial charge on any atom is -0.259 e. The molecule has 1 aromatic rings. The number of hydrogen-bond donors (Lipinski definition) is 0. The first-order valence-corrected chi connectivity index (χ1v) is 4.67. The van der Waals surface area contributed by atoms with E-state index in [1.807, 2.05) is 13.0 Å². The summed E-state index contributed by atoms with van der Waals surface area (Å²) in [5.74, 6) is 0.505. The van der Waals surface area contributed by atoms with Crippen LogP contribution in [0.3, 0.4) is 0 Å². The molecule has 0 N–H and O–H groups in total. The molecule has 1 heterocycles. The average molecular weight is 190 g/mol. The van der Waals surface area contributed by atoms with Gasteiger partial charge < -0.3 is 0 Å². The Bertz CT molecular complexity index is 366. The van der Waals surface area contributed by atoms with Gasteiger partial charge in [0.2, 0.25) is 6.08 Å². The lowest BCUT2D eigenvalue weighted by Crippen LogP contribution is -1.97. The first kappa shape index (κ1) is 10.6. The highest BCUT2D eigenvalue weighted by Crippen LogP contribution is 2.20. The minimum absolute atomic E-state index is 0.505. The molecule has 0 fully saturated rings. The fraction of sp³-hybridized carbons (Fsp3) is 0.455. The number of pyridine rings is 1. The number of isocyanates is 1. The smallest absolute Gasteiger partial charge is 0.240 e. The number of hydrogen-bond acceptors (Lipinski definition) is 3. The normalized spacial score (nSPS) is 10.0. The molecule has 14 heavy (non-hydrogen) atoms. The summed E-state index contributed by atoms with van der Waals surface area (Å²) in [6.45, 7) is 6.14. The standard InChI is InChI=1S/C11H14N2O/c1-8(2)4-10-11(13-7-14)5-9(3)6-12-10/h5-6,8H,4H2,1-3H3. The van der Waals surface area contributed by atoms with Crippen LogP contribution in [0.4, 0.5) is 5.69 Å². The lowest BCUT2D eigenvalue weighted by molar-refractivity contribution is 0.565. The monoisotopic (exact) mass is 190 g/mol. The van der Waals surface area contributed by atoms with Crippen molar-refractivity contribution >= 4 is 11.8 Å². The fourth-order valence-corrected chi connectivity index (χ4v) is 1.27. The summed E-state index contributed by atoms with van der Waals surface area (Å²) in [6, 6.07) is 1.86. The van der Waals surface area contributed by atoms with Gasteiger partial charge in [0, 0.05) is 6.20 Å². The molecule has 1 aromatic heterocycles. The summed E-state index contributed by atoms with van der Waals surface area (Å²) in [5, 5.41) is 0. The molecule has 0 spiro atoms. The molecular formula is C11H14N2O. The molecule has 74 valence electrons. The van der Waals surface area contributed by atoms with Crippen LogP contribution in [0.15, 0.2) is 17.3 Å². The maximum Gasteiger partial charge on any atom is 0.240 e. The number of rotatable bonds is 3. The van der Waals surface area contributed by atoms with Gasteiger partial charge in [0.05, 0.1) is 11.4 Å². The zero-order chi connectivity index (χ0) is 10.6. The number of aliphatic imine (C=N–C) groups is 1. The van der Waals surface area contributed by atoms with E-state index in [2.05, 4.69) is 23.8 Å². The second kappa shape index (κ2) is 4.68. The number of aryl methyl sites for hydroxylation is 1. The topological polar surface area (TPSA) is 42.3 Å². The van der Waals surface area contributed by atoms with E-state index < -0.39 is 0 Å². The van der Waals surface area contributed by atoms with Gasteiger partial charge in [0.15, 0.2) is 0 Å². The lowest BCUT2D eigenvalue weighted by atomic mass is 10.1. The van der Waals surface area contributed by atoms with Crippen LogP contribution in [0.1, 0.15) is 25.1 Å². The molecule has 3 nitrogen and oxygen atoms in total. The van der Waals surface area contributed by atoms with E-state index in [0.29, 0.717) is 11.6 Å². The average Bonchev–Trinajstić information content (AvgIpc) is 2.09. The van der Waals surface area contributed by atoms with Gasteiger partial charge in [0.25, 0.3) is 0 Å². The number of nitrogens with zero attached hydrogens (tertiary/aromatic N) is 2. The summed E-state index contributed by atoms with van der Waals surface area (Å²) in [4.78, 5) is 18.1. The molecule has 0 aromatic carbocycles. The quantitative estimate of drug-likeness (QED) is 0.543. The fourth-order valence-electron chi connectivity index (χ4n) is 1.27. The van der Waals surface area contributed by atoms with Gasteiger partial charge in [-0.15, -0.1) is 0 Å². The third-order valence-electron chi connectivity index (χ3n) is 1.85. The van der Waals surface area contributed by atoms with E-state index in [-0.39, 0.29) is 0 Å². The lowest BCUT2D eigenvalue weighted by Gasteiger charge is -2.06. The van der Waals surface area contributed by atoms with Gasteiger partial charge in [0.1, 0.15) is 0 Å². The van der Waals surface area contributed by atoms with E-state index in [9.17, 15) is 4.79 Å². The molecule has 0 aliphatic heterocycles. The van der Waals surface area contributed by atoms with Crippen molar-refractivity contribution < 1.29 is 4.79 Å². The minimum atomic E-state index is 0.505. The van der Waals surface area contributed by atoms with Crippen molar-refractivity contribution in [1.29, 1.82) is 0 Å². The Labute approximate surface area is 83.9 Å². The third kappa shape index (κ3) is 2.79. The Morgan fingerprint density at radius 3 is 2.86 bits per heavy atom. The van der Waals surface area contributed by atoms with E-state index in [0.717, 1.165) is 17.7 Å². The van der Waals surface area contributed by atoms with Crippen LogP contribution in [-0.4, -0.2) is 11.1 Å². The first-order valence-electron chi connectivity index (χ1n) is 4.67. The van der Waals surface area contributed by atoms with Crippen LogP contribution in [-0.2, 0) is 11.2 Å². The Kier molecular flexibility index (Phi) is 3.55. The van der Waals surface area contributed by atoms with E-state index >= 15 is 0 Å². The zero-order valence-corrected chi connectivity index (χ0v) is 8.74. The van der Waals surface area contributed by atoms with Gasteiger partial charge in [-0.3, -0.25) is 4.98 Å². The molecule has 0 bridgehead atoms. The van der Waals surface area contributed by atoms with Crippen LogP contribution >= 0.6 is 0 Å². The largest absolute Gasteiger partial charge is 0.259 e. The van der Waals surface area contributed by atoms with Crippen molar-refractivity contribution in [3.63, 3.8) is 0 Å². The molecule has 0 amide bonds. The van der Waals surface area contributed by atoms with Crippen LogP contribution in [0.25, 0.3) is 0 Å². The highest BCUT2D eigenvalue weighted by molar-refractivity contribution is 5.52. The maximum atomic E-state index is 10.2. The van der Waals surface area contributed by atoms with Crippen molar-refractivity contribution in [3.8, 4) is 0 Å². The summed E-state index contributed by atoms with van der Waals surface area (Å²) in [6.07, 6.45) is 4.19. The molecule has 1 rings (SSSR count). The van der Waals surface area contributed by atoms with E-state index in [4.69, 9.17) is 0 Å². The SMILES string of the molecule is Cc1cnc(CC(C)C)c(N=C=O)c1. The third-order valence-corrected chi connectivity index (χ3v) is 1.85. The van der Waals surface area contributed by atoms with Crippen molar-refractivity contribution in [2.75, 3.05) is 0 Å². The predicted molar refractivity (Wildman–Crippen MR) is 55.3 cm³/mol. The van der Waals surface area contributed by atoms with Crippen molar-refractivity contribution in [2.45, 2.75) is 27.2 Å². The highest BCUT2D eigenvalue weighted by Gasteiger charge is 2.05. The Balaban J connectivity index is 3.07. The first-order chi connectivity index (χ1) is 6.63. The van der Waals surface area contributed by atoms with Gasteiger partial charge in [-0.25, -0.2) is 4.79 Å². The van der Waals surface area contributed by atoms with Crippen LogP contribution in [0, 0.1) is 12.8 Å². The Hall–Kier alpha value is -1.47. The van der Waals surface area contributed by atoms with Crippen molar-refractivity contribution in [2.24, 2.45) is 10.9 Å². The molecule has 0 saturated carbocycles. The van der Waals surface area contributed by atoms with Gasteiger partial charge >= 0.3 is 0 Å². The van der Waals surface area contributed by atoms with Gasteiger partial charge in [-0.05, 0) is 30.9 Å². The van der Waals surface area contributed by atoms with Gasteiger partial charge in [-0.2, -0.15) is 4.99 Å². The molecule has 0 aliphatic rings. The van der Waals surface area contributed by atoms with Crippen LogP contribution < -0.4 is 0 Å². The molecule has 0 radical (unpaired) electrons. The van der Waals surface area contributed by atoms with E-state index in [1.165, 1.54) is 0 Å². The summed E-state index contributed by atoms with van der Waals surface area (Å²) in [7, 11) is 0.